The van der Waals surface area contributed by atoms with Crippen LogP contribution in [0.15, 0.2) is 18.2 Å². The zero-order valence-electron chi connectivity index (χ0n) is 12.4. The summed E-state index contributed by atoms with van der Waals surface area (Å²) in [6.07, 6.45) is 0.987. The minimum Gasteiger partial charge on any atom is -0.299 e. The van der Waals surface area contributed by atoms with E-state index in [4.69, 9.17) is 0 Å². The van der Waals surface area contributed by atoms with Crippen LogP contribution in [0.25, 0.3) is 0 Å². The average Bonchev–Trinajstić information content (AvgIpc) is 2.60. The molecule has 1 heterocycles. The van der Waals surface area contributed by atoms with Crippen LogP contribution in [0.3, 0.4) is 0 Å². The molecule has 3 nitrogen and oxygen atoms in total. The highest BCUT2D eigenvalue weighted by Crippen LogP contribution is 2.15. The quantitative estimate of drug-likeness (QED) is 0.849. The molecule has 0 aliphatic heterocycles. The Labute approximate surface area is 122 Å². The molecule has 0 atom stereocenters. The third kappa shape index (κ3) is 3.74. The van der Waals surface area contributed by atoms with E-state index in [1.54, 1.807) is 4.68 Å². The fourth-order valence-electron chi connectivity index (χ4n) is 2.47. The molecule has 0 unspecified atom stereocenters. The van der Waals surface area contributed by atoms with E-state index in [1.807, 2.05) is 20.9 Å². The molecule has 0 amide bonds. The van der Waals surface area contributed by atoms with Crippen molar-refractivity contribution in [3.8, 4) is 0 Å². The van der Waals surface area contributed by atoms with Gasteiger partial charge < -0.3 is 0 Å². The van der Waals surface area contributed by atoms with Gasteiger partial charge in [-0.3, -0.25) is 9.48 Å². The van der Waals surface area contributed by atoms with Crippen molar-refractivity contribution < 1.29 is 13.6 Å². The van der Waals surface area contributed by atoms with Gasteiger partial charge in [0.2, 0.25) is 0 Å². The van der Waals surface area contributed by atoms with Crippen LogP contribution >= 0.6 is 0 Å². The average molecular weight is 292 g/mol. The molecule has 0 aliphatic rings. The molecule has 0 bridgehead atoms. The van der Waals surface area contributed by atoms with Crippen LogP contribution in [0.2, 0.25) is 0 Å². The smallest absolute Gasteiger partial charge is 0.137 e. The van der Waals surface area contributed by atoms with Gasteiger partial charge in [0.25, 0.3) is 0 Å². The molecule has 5 heteroatoms. The summed E-state index contributed by atoms with van der Waals surface area (Å²) in [4.78, 5) is 12.0. The fraction of sp³-hybridized carbons (Fsp3) is 0.375. The van der Waals surface area contributed by atoms with Crippen molar-refractivity contribution in [3.63, 3.8) is 0 Å². The Balaban J connectivity index is 1.99. The van der Waals surface area contributed by atoms with Gasteiger partial charge in [-0.05, 0) is 43.5 Å². The Hall–Kier alpha value is -2.04. The highest BCUT2D eigenvalue weighted by atomic mass is 19.1. The van der Waals surface area contributed by atoms with Crippen molar-refractivity contribution in [2.45, 2.75) is 33.1 Å². The second-order valence-electron chi connectivity index (χ2n) is 5.27. The number of aromatic nitrogens is 2. The van der Waals surface area contributed by atoms with Crippen LogP contribution in [0, 0.1) is 25.5 Å². The van der Waals surface area contributed by atoms with E-state index in [0.29, 0.717) is 18.4 Å². The standard InChI is InChI=1S/C16H18F2N2O/c1-10-16(11(2)20(3)19-10)5-4-15(21)8-12-6-13(17)9-14(18)7-12/h6-7,9H,4-5,8H2,1-3H3. The normalized spacial score (nSPS) is 10.9. The first-order valence-corrected chi connectivity index (χ1v) is 6.82. The van der Waals surface area contributed by atoms with Gasteiger partial charge in [0, 0.05) is 31.6 Å². The van der Waals surface area contributed by atoms with Crippen molar-refractivity contribution in [1.82, 2.24) is 9.78 Å². The van der Waals surface area contributed by atoms with Crippen LogP contribution < -0.4 is 0 Å². The van der Waals surface area contributed by atoms with E-state index >= 15 is 0 Å². The van der Waals surface area contributed by atoms with Crippen LogP contribution in [-0.4, -0.2) is 15.6 Å². The summed E-state index contributed by atoms with van der Waals surface area (Å²) in [6, 6.07) is 3.19. The summed E-state index contributed by atoms with van der Waals surface area (Å²) in [5.41, 5.74) is 3.39. The maximum Gasteiger partial charge on any atom is 0.137 e. The first-order valence-electron chi connectivity index (χ1n) is 6.82. The SMILES string of the molecule is Cc1nn(C)c(C)c1CCC(=O)Cc1cc(F)cc(F)c1. The Morgan fingerprint density at radius 3 is 2.33 bits per heavy atom. The summed E-state index contributed by atoms with van der Waals surface area (Å²) in [7, 11) is 1.86. The molecule has 0 spiro atoms. The summed E-state index contributed by atoms with van der Waals surface area (Å²) in [6.45, 7) is 3.87. The van der Waals surface area contributed by atoms with E-state index in [-0.39, 0.29) is 12.2 Å². The van der Waals surface area contributed by atoms with Gasteiger partial charge in [-0.1, -0.05) is 0 Å². The van der Waals surface area contributed by atoms with Gasteiger partial charge in [0.1, 0.15) is 17.4 Å². The van der Waals surface area contributed by atoms with Crippen LogP contribution in [0.1, 0.15) is 28.9 Å². The largest absolute Gasteiger partial charge is 0.299 e. The Kier molecular flexibility index (Phi) is 4.50. The number of hydrogen-bond donors (Lipinski definition) is 0. The predicted octanol–water partition coefficient (Wildman–Crippen LogP) is 3.06. The number of halogens is 2. The van der Waals surface area contributed by atoms with Gasteiger partial charge >= 0.3 is 0 Å². The lowest BCUT2D eigenvalue weighted by Gasteiger charge is -2.04. The molecule has 1 aromatic heterocycles. The van der Waals surface area contributed by atoms with E-state index in [9.17, 15) is 13.6 Å². The maximum absolute atomic E-state index is 13.1. The Morgan fingerprint density at radius 2 is 1.81 bits per heavy atom. The first kappa shape index (κ1) is 15.4. The van der Waals surface area contributed by atoms with Gasteiger partial charge in [-0.25, -0.2) is 8.78 Å². The zero-order chi connectivity index (χ0) is 15.6. The predicted molar refractivity (Wildman–Crippen MR) is 76.1 cm³/mol. The van der Waals surface area contributed by atoms with E-state index in [2.05, 4.69) is 5.10 Å². The number of aryl methyl sites for hydroxylation is 2. The van der Waals surface area contributed by atoms with Crippen molar-refractivity contribution in [2.75, 3.05) is 0 Å². The van der Waals surface area contributed by atoms with Crippen molar-refractivity contribution >= 4 is 5.78 Å². The maximum atomic E-state index is 13.1. The number of ketones is 1. The van der Waals surface area contributed by atoms with Gasteiger partial charge in [-0.15, -0.1) is 0 Å². The van der Waals surface area contributed by atoms with E-state index in [1.165, 1.54) is 12.1 Å². The lowest BCUT2D eigenvalue weighted by atomic mass is 10.0. The lowest BCUT2D eigenvalue weighted by Crippen LogP contribution is -2.06. The minimum absolute atomic E-state index is 0.0392. The number of carbonyl (C=O) groups excluding carboxylic acids is 1. The molecule has 0 radical (unpaired) electrons. The summed E-state index contributed by atoms with van der Waals surface area (Å²) >= 11 is 0. The molecule has 0 fully saturated rings. The fourth-order valence-corrected chi connectivity index (χ4v) is 2.47. The third-order valence-corrected chi connectivity index (χ3v) is 3.64. The molecule has 112 valence electrons. The highest BCUT2D eigenvalue weighted by Gasteiger charge is 2.12. The molecule has 1 aromatic carbocycles. The summed E-state index contributed by atoms with van der Waals surface area (Å²) in [5, 5.41) is 4.30. The van der Waals surface area contributed by atoms with Crippen molar-refractivity contribution in [3.05, 3.63) is 52.3 Å². The molecule has 0 N–H and O–H groups in total. The number of benzene rings is 1. The van der Waals surface area contributed by atoms with E-state index < -0.39 is 11.6 Å². The van der Waals surface area contributed by atoms with E-state index in [0.717, 1.165) is 23.0 Å². The van der Waals surface area contributed by atoms with Crippen molar-refractivity contribution in [2.24, 2.45) is 7.05 Å². The monoisotopic (exact) mass is 292 g/mol. The molecule has 21 heavy (non-hydrogen) atoms. The van der Waals surface area contributed by atoms with Gasteiger partial charge in [0.15, 0.2) is 0 Å². The zero-order valence-corrected chi connectivity index (χ0v) is 12.4. The molecule has 2 rings (SSSR count). The summed E-state index contributed by atoms with van der Waals surface area (Å²) in [5.74, 6) is -1.35. The second kappa shape index (κ2) is 6.16. The molecule has 0 saturated heterocycles. The summed E-state index contributed by atoms with van der Waals surface area (Å²) < 4.78 is 27.9. The van der Waals surface area contributed by atoms with Crippen LogP contribution in [-0.2, 0) is 24.7 Å². The van der Waals surface area contributed by atoms with Gasteiger partial charge in [-0.2, -0.15) is 5.10 Å². The number of Topliss-reactive ketones (excluding diaryl/α,β-unsaturated/α-hetero) is 1. The number of nitrogens with zero attached hydrogens (tertiary/aromatic N) is 2. The van der Waals surface area contributed by atoms with Gasteiger partial charge in [0.05, 0.1) is 5.69 Å². The highest BCUT2D eigenvalue weighted by molar-refractivity contribution is 5.81. The number of carbonyl (C=O) groups is 1. The number of hydrogen-bond acceptors (Lipinski definition) is 2. The third-order valence-electron chi connectivity index (χ3n) is 3.64. The van der Waals surface area contributed by atoms with Crippen LogP contribution in [0.5, 0.6) is 0 Å². The molecule has 2 aromatic rings. The Bertz CT molecular complexity index is 657. The Morgan fingerprint density at radius 1 is 1.19 bits per heavy atom. The molecule has 0 saturated carbocycles. The first-order chi connectivity index (χ1) is 9.86. The van der Waals surface area contributed by atoms with Crippen molar-refractivity contribution in [1.29, 1.82) is 0 Å². The number of rotatable bonds is 5. The molecule has 0 aliphatic carbocycles. The molecular weight excluding hydrogens is 274 g/mol. The lowest BCUT2D eigenvalue weighted by molar-refractivity contribution is -0.118. The van der Waals surface area contributed by atoms with Crippen LogP contribution in [0.4, 0.5) is 8.78 Å². The topological polar surface area (TPSA) is 34.9 Å². The second-order valence-corrected chi connectivity index (χ2v) is 5.27. The molecular formula is C16H18F2N2O. The minimum atomic E-state index is -0.656.